The van der Waals surface area contributed by atoms with Gasteiger partial charge in [0.25, 0.3) is 0 Å². The van der Waals surface area contributed by atoms with E-state index in [1.54, 1.807) is 32.4 Å². The number of hydrogen-bond acceptors (Lipinski definition) is 9. The van der Waals surface area contributed by atoms with E-state index in [-0.39, 0.29) is 28.9 Å². The van der Waals surface area contributed by atoms with Gasteiger partial charge in [0, 0.05) is 11.1 Å². The normalized spacial score (nSPS) is 11.6. The van der Waals surface area contributed by atoms with Gasteiger partial charge in [-0.15, -0.1) is 0 Å². The van der Waals surface area contributed by atoms with Crippen LogP contribution in [0, 0.1) is 0 Å². The number of aryl methyl sites for hydroxylation is 2. The highest BCUT2D eigenvalue weighted by Crippen LogP contribution is 2.49. The molecule has 9 heteroatoms. The summed E-state index contributed by atoms with van der Waals surface area (Å²) < 4.78 is 34.1. The summed E-state index contributed by atoms with van der Waals surface area (Å²) in [5, 5.41) is 33.1. The molecule has 47 heavy (non-hydrogen) atoms. The van der Waals surface area contributed by atoms with Crippen LogP contribution in [0.4, 0.5) is 0 Å². The van der Waals surface area contributed by atoms with E-state index in [0.29, 0.717) is 52.0 Å². The first-order valence-electron chi connectivity index (χ1n) is 15.8. The first-order chi connectivity index (χ1) is 22.6. The minimum absolute atomic E-state index is 0.0524. The zero-order valence-electron chi connectivity index (χ0n) is 28.5. The van der Waals surface area contributed by atoms with Gasteiger partial charge in [-0.3, -0.25) is 0 Å². The van der Waals surface area contributed by atoms with Crippen LogP contribution < -0.4 is 28.4 Å². The van der Waals surface area contributed by atoms with E-state index in [9.17, 15) is 15.3 Å². The molecule has 0 fully saturated rings. The highest BCUT2D eigenvalue weighted by molar-refractivity contribution is 5.81. The maximum Gasteiger partial charge on any atom is 0.211 e. The second-order valence-corrected chi connectivity index (χ2v) is 11.5. The van der Waals surface area contributed by atoms with Gasteiger partial charge in [-0.1, -0.05) is 33.6 Å². The molecule has 4 aromatic rings. The van der Waals surface area contributed by atoms with Crippen LogP contribution in [0.1, 0.15) is 61.8 Å². The third-order valence-corrected chi connectivity index (χ3v) is 8.20. The Morgan fingerprint density at radius 2 is 0.936 bits per heavy atom. The summed E-state index contributed by atoms with van der Waals surface area (Å²) >= 11 is 0. The van der Waals surface area contributed by atoms with Gasteiger partial charge >= 0.3 is 0 Å². The molecule has 0 bridgehead atoms. The second-order valence-electron chi connectivity index (χ2n) is 11.5. The first kappa shape index (κ1) is 34.9. The van der Waals surface area contributed by atoms with Gasteiger partial charge in [-0.05, 0) is 96.0 Å². The van der Waals surface area contributed by atoms with Gasteiger partial charge in [0.15, 0.2) is 46.0 Å². The Labute approximate surface area is 277 Å². The van der Waals surface area contributed by atoms with Crippen molar-refractivity contribution in [1.82, 2.24) is 0 Å². The number of phenolic OH excluding ortho intramolecular Hbond substituents is 3. The predicted molar refractivity (Wildman–Crippen MR) is 183 cm³/mol. The Balaban J connectivity index is 1.73. The summed E-state index contributed by atoms with van der Waals surface area (Å²) in [5.74, 6) is 2.07. The maximum absolute atomic E-state index is 11.2. The van der Waals surface area contributed by atoms with Crippen molar-refractivity contribution >= 4 is 0 Å². The number of rotatable bonds is 15. The lowest BCUT2D eigenvalue weighted by Crippen LogP contribution is -2.03. The van der Waals surface area contributed by atoms with E-state index in [1.165, 1.54) is 21.3 Å². The van der Waals surface area contributed by atoms with E-state index < -0.39 is 0 Å². The summed E-state index contributed by atoms with van der Waals surface area (Å²) in [6.45, 7) is 6.22. The lowest BCUT2D eigenvalue weighted by atomic mass is 9.89. The standard InChI is InChI=1S/C38H46O9/c1-9-11-23-14-27(35(39)29(15-23)42-4)28-20-26(21-31(44-6)36(28)40)22(3)13-25-18-33(45-7)38(34(19-25)46-8)47-32-17-24(12-10-2)16-30(43-5)37(32)41/h14-22,39-41H,9-13H2,1-8H3. The van der Waals surface area contributed by atoms with Crippen molar-refractivity contribution < 1.29 is 43.7 Å². The molecule has 0 aliphatic carbocycles. The number of ether oxygens (including phenoxy) is 6. The minimum atomic E-state index is -0.116. The van der Waals surface area contributed by atoms with E-state index in [4.69, 9.17) is 28.4 Å². The molecular formula is C38H46O9. The summed E-state index contributed by atoms with van der Waals surface area (Å²) in [7, 11) is 7.61. The molecule has 252 valence electrons. The number of phenols is 3. The topological polar surface area (TPSA) is 116 Å². The smallest absolute Gasteiger partial charge is 0.211 e. The fourth-order valence-electron chi connectivity index (χ4n) is 5.77. The van der Waals surface area contributed by atoms with E-state index in [0.717, 1.165) is 47.9 Å². The van der Waals surface area contributed by atoms with Gasteiger partial charge in [0.05, 0.1) is 35.5 Å². The summed E-state index contributed by atoms with van der Waals surface area (Å²) in [4.78, 5) is 0. The molecule has 0 saturated heterocycles. The Morgan fingerprint density at radius 1 is 0.511 bits per heavy atom. The first-order valence-corrected chi connectivity index (χ1v) is 15.8. The Hall–Kier alpha value is -4.92. The highest BCUT2D eigenvalue weighted by atomic mass is 16.5. The molecule has 0 radical (unpaired) electrons. The molecule has 0 heterocycles. The third-order valence-electron chi connectivity index (χ3n) is 8.20. The lowest BCUT2D eigenvalue weighted by molar-refractivity contribution is 0.326. The van der Waals surface area contributed by atoms with Crippen molar-refractivity contribution in [2.45, 2.75) is 58.8 Å². The molecule has 4 rings (SSSR count). The fraction of sp³-hybridized carbons (Fsp3) is 0.368. The van der Waals surface area contributed by atoms with Gasteiger partial charge in [0.2, 0.25) is 11.5 Å². The van der Waals surface area contributed by atoms with Crippen LogP contribution in [0.25, 0.3) is 11.1 Å². The van der Waals surface area contributed by atoms with Crippen LogP contribution in [-0.4, -0.2) is 50.9 Å². The van der Waals surface area contributed by atoms with Crippen molar-refractivity contribution in [2.75, 3.05) is 35.5 Å². The van der Waals surface area contributed by atoms with E-state index in [1.807, 2.05) is 30.3 Å². The molecule has 1 unspecified atom stereocenters. The molecule has 4 aromatic carbocycles. The monoisotopic (exact) mass is 646 g/mol. The largest absolute Gasteiger partial charge is 0.504 e. The van der Waals surface area contributed by atoms with Crippen molar-refractivity contribution in [1.29, 1.82) is 0 Å². The van der Waals surface area contributed by atoms with Crippen molar-refractivity contribution in [3.05, 3.63) is 70.8 Å². The fourth-order valence-corrected chi connectivity index (χ4v) is 5.77. The molecular weight excluding hydrogens is 600 g/mol. The highest BCUT2D eigenvalue weighted by Gasteiger charge is 2.23. The molecule has 0 aromatic heterocycles. The zero-order chi connectivity index (χ0) is 34.2. The summed E-state index contributed by atoms with van der Waals surface area (Å²) in [6, 6.07) is 14.7. The summed E-state index contributed by atoms with van der Waals surface area (Å²) in [5.41, 5.74) is 4.65. The van der Waals surface area contributed by atoms with Crippen LogP contribution in [0.5, 0.6) is 57.5 Å². The maximum atomic E-state index is 11.2. The molecule has 0 amide bonds. The molecule has 0 saturated carbocycles. The minimum Gasteiger partial charge on any atom is -0.504 e. The lowest BCUT2D eigenvalue weighted by Gasteiger charge is -2.20. The number of benzene rings is 4. The van der Waals surface area contributed by atoms with Gasteiger partial charge in [-0.2, -0.15) is 0 Å². The SMILES string of the molecule is CCCc1cc(OC)c(O)c(Oc2c(OC)cc(CC(C)c3cc(OC)c(O)c(-c4cc(CCC)cc(OC)c4O)c3)cc2OC)c1. The van der Waals surface area contributed by atoms with Crippen LogP contribution in [0.15, 0.2) is 48.5 Å². The molecule has 3 N–H and O–H groups in total. The molecule has 9 nitrogen and oxygen atoms in total. The average Bonchev–Trinajstić information content (AvgIpc) is 3.07. The van der Waals surface area contributed by atoms with Crippen LogP contribution in [0.2, 0.25) is 0 Å². The molecule has 0 spiro atoms. The predicted octanol–water partition coefficient (Wildman–Crippen LogP) is 8.56. The molecule has 0 aliphatic rings. The molecule has 0 aliphatic heterocycles. The third kappa shape index (κ3) is 7.56. The second kappa shape index (κ2) is 15.6. The van der Waals surface area contributed by atoms with Gasteiger partial charge < -0.3 is 43.7 Å². The van der Waals surface area contributed by atoms with Crippen LogP contribution in [0.3, 0.4) is 0 Å². The number of methoxy groups -OCH3 is 5. The Bertz CT molecular complexity index is 1670. The Morgan fingerprint density at radius 3 is 1.45 bits per heavy atom. The van der Waals surface area contributed by atoms with Gasteiger partial charge in [0.1, 0.15) is 0 Å². The van der Waals surface area contributed by atoms with E-state index >= 15 is 0 Å². The van der Waals surface area contributed by atoms with Gasteiger partial charge in [-0.25, -0.2) is 0 Å². The summed E-state index contributed by atoms with van der Waals surface area (Å²) in [6.07, 6.45) is 3.98. The quantitative estimate of drug-likeness (QED) is 0.117. The Kier molecular flexibility index (Phi) is 11.6. The zero-order valence-corrected chi connectivity index (χ0v) is 28.5. The number of hydrogen-bond donors (Lipinski definition) is 3. The number of aromatic hydroxyl groups is 3. The van der Waals surface area contributed by atoms with Crippen molar-refractivity contribution in [3.63, 3.8) is 0 Å². The van der Waals surface area contributed by atoms with Crippen LogP contribution in [-0.2, 0) is 19.3 Å². The van der Waals surface area contributed by atoms with Crippen LogP contribution >= 0.6 is 0 Å². The van der Waals surface area contributed by atoms with Crippen molar-refractivity contribution in [3.8, 4) is 68.6 Å². The molecule has 1 atom stereocenters. The van der Waals surface area contributed by atoms with E-state index in [2.05, 4.69) is 20.8 Å². The van der Waals surface area contributed by atoms with Crippen molar-refractivity contribution in [2.24, 2.45) is 0 Å². The average molecular weight is 647 g/mol.